The van der Waals surface area contributed by atoms with Crippen molar-refractivity contribution in [2.24, 2.45) is 0 Å². The Morgan fingerprint density at radius 3 is 1.92 bits per heavy atom. The van der Waals surface area contributed by atoms with Crippen molar-refractivity contribution < 1.29 is 23.1 Å². The molecule has 2 rings (SSSR count). The van der Waals surface area contributed by atoms with Gasteiger partial charge >= 0.3 is 6.18 Å². The molecule has 0 aromatic heterocycles. The van der Waals surface area contributed by atoms with Crippen LogP contribution in [0.25, 0.3) is 11.1 Å². The molecule has 0 aliphatic heterocycles. The fraction of sp³-hybridized carbons (Fsp3) is 0.125. The molecule has 70 valence electrons. The lowest BCUT2D eigenvalue weighted by molar-refractivity contribution is -0.137. The molecule has 0 amide bonds. The maximum Gasteiger partial charge on any atom is 0.417 e. The van der Waals surface area contributed by atoms with Crippen molar-refractivity contribution in [2.75, 3.05) is 0 Å². The third kappa shape index (κ3) is 1.63. The van der Waals surface area contributed by atoms with Crippen LogP contribution in [0.4, 0.5) is 13.2 Å². The second-order valence-electron chi connectivity index (χ2n) is 2.36. The van der Waals surface area contributed by atoms with Gasteiger partial charge in [0.1, 0.15) is 0 Å². The van der Waals surface area contributed by atoms with Gasteiger partial charge in [-0.3, -0.25) is 4.79 Å². The highest BCUT2D eigenvalue weighted by molar-refractivity contribution is 5.81. The molecule has 1 N–H and O–H groups in total. The molecule has 13 heavy (non-hydrogen) atoms. The zero-order valence-corrected chi connectivity index (χ0v) is 6.30. The van der Waals surface area contributed by atoms with Crippen molar-refractivity contribution >= 4 is 6.47 Å². The lowest BCUT2D eigenvalue weighted by Crippen LogP contribution is -2.12. The van der Waals surface area contributed by atoms with Crippen LogP contribution in [-0.2, 0) is 11.0 Å². The van der Waals surface area contributed by atoms with Crippen LogP contribution in [0.1, 0.15) is 5.56 Å². The Hall–Kier alpha value is -1.52. The fourth-order valence-corrected chi connectivity index (χ4v) is 1.02. The van der Waals surface area contributed by atoms with E-state index in [9.17, 15) is 13.2 Å². The SMILES string of the molecule is FC(F)(F)c1cc2ccc1-2.O=CO. The monoisotopic (exact) mass is 190 g/mol. The number of halogens is 3. The van der Waals surface area contributed by atoms with Gasteiger partial charge in [0, 0.05) is 0 Å². The molecule has 0 atom stereocenters. The van der Waals surface area contributed by atoms with Crippen LogP contribution in [0.5, 0.6) is 0 Å². The Morgan fingerprint density at radius 2 is 1.85 bits per heavy atom. The molecule has 0 spiro atoms. The standard InChI is InChI=1S/C7H3F3.CH2O2/c8-7(9,10)6-3-4-1-2-5(4)6;2-1-3/h1-3H;1H,(H,2,3). The number of alkyl halides is 3. The zero-order chi connectivity index (χ0) is 10.1. The van der Waals surface area contributed by atoms with E-state index in [1.165, 1.54) is 6.07 Å². The highest BCUT2D eigenvalue weighted by atomic mass is 19.4. The van der Waals surface area contributed by atoms with Gasteiger partial charge in [-0.2, -0.15) is 13.2 Å². The van der Waals surface area contributed by atoms with Crippen LogP contribution < -0.4 is 0 Å². The van der Waals surface area contributed by atoms with E-state index in [1.54, 1.807) is 6.07 Å². The molecule has 0 saturated carbocycles. The first-order chi connectivity index (χ1) is 6.00. The van der Waals surface area contributed by atoms with Gasteiger partial charge in [-0.05, 0) is 17.2 Å². The summed E-state index contributed by atoms with van der Waals surface area (Å²) >= 11 is 0. The normalized spacial score (nSPS) is 11.3. The first kappa shape index (κ1) is 9.57. The molecule has 0 aromatic carbocycles. The van der Waals surface area contributed by atoms with Crippen LogP contribution >= 0.6 is 0 Å². The van der Waals surface area contributed by atoms with Gasteiger partial charge < -0.3 is 5.11 Å². The predicted molar refractivity (Wildman–Crippen MR) is 39.1 cm³/mol. The first-order valence-electron chi connectivity index (χ1n) is 3.30. The van der Waals surface area contributed by atoms with Crippen molar-refractivity contribution in [3.05, 3.63) is 23.8 Å². The van der Waals surface area contributed by atoms with Gasteiger partial charge in [0.15, 0.2) is 0 Å². The molecule has 2 aliphatic carbocycles. The van der Waals surface area contributed by atoms with Gasteiger partial charge in [-0.1, -0.05) is 12.1 Å². The number of hydrogen-bond acceptors (Lipinski definition) is 1. The molecule has 0 aromatic rings. The molecule has 0 bridgehead atoms. The maximum atomic E-state index is 11.8. The van der Waals surface area contributed by atoms with E-state index in [0.29, 0.717) is 5.56 Å². The topological polar surface area (TPSA) is 37.3 Å². The Balaban J connectivity index is 0.000000251. The summed E-state index contributed by atoms with van der Waals surface area (Å²) in [4.78, 5) is 8.36. The summed E-state index contributed by atoms with van der Waals surface area (Å²) in [6.45, 7) is -0.250. The summed E-state index contributed by atoms with van der Waals surface area (Å²) in [5.74, 6) is 0. The summed E-state index contributed by atoms with van der Waals surface area (Å²) in [6.07, 6.45) is -4.15. The molecule has 0 heterocycles. The highest BCUT2D eigenvalue weighted by Gasteiger charge is 2.38. The summed E-state index contributed by atoms with van der Waals surface area (Å²) < 4.78 is 35.5. The molecule has 5 heteroatoms. The van der Waals surface area contributed by atoms with Crippen molar-refractivity contribution in [3.63, 3.8) is 0 Å². The summed E-state index contributed by atoms with van der Waals surface area (Å²) in [5.41, 5.74) is 0.616. The number of hydrogen-bond donors (Lipinski definition) is 1. The quantitative estimate of drug-likeness (QED) is 0.647. The largest absolute Gasteiger partial charge is 0.483 e. The Bertz CT molecular complexity index is 331. The van der Waals surface area contributed by atoms with Crippen LogP contribution in [0, 0.1) is 0 Å². The molecule has 2 aliphatic rings. The lowest BCUT2D eigenvalue weighted by atomic mass is 9.86. The molecule has 0 saturated heterocycles. The van der Waals surface area contributed by atoms with Crippen LogP contribution in [0.15, 0.2) is 18.2 Å². The Kier molecular flexibility index (Phi) is 2.27. The van der Waals surface area contributed by atoms with Crippen LogP contribution in [0.2, 0.25) is 0 Å². The Morgan fingerprint density at radius 1 is 1.31 bits per heavy atom. The first-order valence-corrected chi connectivity index (χ1v) is 3.30. The van der Waals surface area contributed by atoms with E-state index in [1.807, 2.05) is 0 Å². The second-order valence-corrected chi connectivity index (χ2v) is 2.36. The minimum Gasteiger partial charge on any atom is -0.483 e. The van der Waals surface area contributed by atoms with Gasteiger partial charge in [0.2, 0.25) is 0 Å². The molecule has 0 radical (unpaired) electrons. The maximum absolute atomic E-state index is 11.8. The van der Waals surface area contributed by atoms with Crippen molar-refractivity contribution in [1.29, 1.82) is 0 Å². The summed E-state index contributed by atoms with van der Waals surface area (Å²) in [6, 6.07) is 4.32. The third-order valence-electron chi connectivity index (χ3n) is 1.64. The van der Waals surface area contributed by atoms with E-state index in [2.05, 4.69) is 0 Å². The highest BCUT2D eigenvalue weighted by Crippen LogP contribution is 2.45. The number of carbonyl (C=O) groups is 1. The molecular weight excluding hydrogens is 185 g/mol. The average molecular weight is 190 g/mol. The summed E-state index contributed by atoms with van der Waals surface area (Å²) in [5, 5.41) is 6.89. The van der Waals surface area contributed by atoms with E-state index < -0.39 is 11.7 Å². The molecule has 0 fully saturated rings. The van der Waals surface area contributed by atoms with Gasteiger partial charge in [0.05, 0.1) is 5.56 Å². The van der Waals surface area contributed by atoms with Crippen LogP contribution in [-0.4, -0.2) is 11.6 Å². The van der Waals surface area contributed by atoms with E-state index >= 15 is 0 Å². The van der Waals surface area contributed by atoms with E-state index in [0.717, 1.165) is 11.6 Å². The fourth-order valence-electron chi connectivity index (χ4n) is 1.02. The predicted octanol–water partition coefficient (Wildman–Crippen LogP) is 2.39. The number of benzene rings is 1. The minimum absolute atomic E-state index is 0.250. The third-order valence-corrected chi connectivity index (χ3v) is 1.64. The lowest BCUT2D eigenvalue weighted by Gasteiger charge is -2.22. The van der Waals surface area contributed by atoms with E-state index in [-0.39, 0.29) is 6.47 Å². The molecular formula is C8H5F3O2. The zero-order valence-electron chi connectivity index (χ0n) is 6.30. The number of fused-ring (bicyclic) bond motifs is 1. The smallest absolute Gasteiger partial charge is 0.417 e. The molecule has 0 unspecified atom stereocenters. The van der Waals surface area contributed by atoms with Gasteiger partial charge in [-0.25, -0.2) is 0 Å². The van der Waals surface area contributed by atoms with Gasteiger partial charge in [-0.15, -0.1) is 0 Å². The minimum atomic E-state index is -4.15. The van der Waals surface area contributed by atoms with Crippen molar-refractivity contribution in [1.82, 2.24) is 0 Å². The van der Waals surface area contributed by atoms with Crippen molar-refractivity contribution in [3.8, 4) is 11.1 Å². The van der Waals surface area contributed by atoms with Crippen molar-refractivity contribution in [2.45, 2.75) is 6.18 Å². The van der Waals surface area contributed by atoms with E-state index in [4.69, 9.17) is 9.90 Å². The van der Waals surface area contributed by atoms with Gasteiger partial charge in [0.25, 0.3) is 6.47 Å². The average Bonchev–Trinajstić information content (AvgIpc) is 1.94. The van der Waals surface area contributed by atoms with Crippen LogP contribution in [0.3, 0.4) is 0 Å². The number of carboxylic acid groups (broad SMARTS) is 1. The molecule has 2 nitrogen and oxygen atoms in total. The Labute approximate surface area is 71.6 Å². The second kappa shape index (κ2) is 3.08. The number of rotatable bonds is 0. The summed E-state index contributed by atoms with van der Waals surface area (Å²) in [7, 11) is 0.